The Labute approximate surface area is 205 Å². The van der Waals surface area contributed by atoms with Gasteiger partial charge in [-0.05, 0) is 49.8 Å². The van der Waals surface area contributed by atoms with Crippen molar-refractivity contribution in [2.75, 3.05) is 11.9 Å². The molecule has 2 saturated carbocycles. The molecule has 0 bridgehead atoms. The van der Waals surface area contributed by atoms with Crippen molar-refractivity contribution in [2.24, 2.45) is 5.92 Å². The highest BCUT2D eigenvalue weighted by molar-refractivity contribution is 7.22. The second-order valence-electron chi connectivity index (χ2n) is 9.09. The van der Waals surface area contributed by atoms with E-state index in [4.69, 9.17) is 4.74 Å². The number of hydrogen-bond acceptors (Lipinski definition) is 8. The largest absolute Gasteiger partial charge is 0.390 e. The summed E-state index contributed by atoms with van der Waals surface area (Å²) in [7, 11) is 0. The number of carbonyl (C=O) groups is 1. The fourth-order valence-electron chi connectivity index (χ4n) is 4.48. The van der Waals surface area contributed by atoms with E-state index in [0.29, 0.717) is 23.8 Å². The van der Waals surface area contributed by atoms with Gasteiger partial charge in [-0.15, -0.1) is 0 Å². The van der Waals surface area contributed by atoms with Crippen LogP contribution in [-0.2, 0) is 16.1 Å². The number of amides is 1. The van der Waals surface area contributed by atoms with E-state index in [9.17, 15) is 18.7 Å². The van der Waals surface area contributed by atoms with Crippen molar-refractivity contribution >= 4 is 32.6 Å². The summed E-state index contributed by atoms with van der Waals surface area (Å²) in [5.74, 6) is 0.249. The molecule has 3 N–H and O–H groups in total. The van der Waals surface area contributed by atoms with E-state index in [1.54, 1.807) is 12.4 Å². The predicted molar refractivity (Wildman–Crippen MR) is 128 cm³/mol. The molecule has 1 amide bonds. The Morgan fingerprint density at radius 1 is 1.20 bits per heavy atom. The third-order valence-electron chi connectivity index (χ3n) is 6.57. The fourth-order valence-corrected chi connectivity index (χ4v) is 5.39. The van der Waals surface area contributed by atoms with Crippen molar-refractivity contribution in [3.8, 4) is 11.1 Å². The Bertz CT molecular complexity index is 1170. The van der Waals surface area contributed by atoms with Gasteiger partial charge in [-0.2, -0.15) is 0 Å². The van der Waals surface area contributed by atoms with Crippen molar-refractivity contribution in [3.63, 3.8) is 0 Å². The summed E-state index contributed by atoms with van der Waals surface area (Å²) in [5.41, 5.74) is 2.57. The van der Waals surface area contributed by atoms with Crippen LogP contribution in [0.25, 0.3) is 21.3 Å². The number of fused-ring (bicyclic) bond motifs is 1. The molecule has 3 aromatic rings. The highest BCUT2D eigenvalue weighted by Gasteiger charge is 2.35. The zero-order chi connectivity index (χ0) is 24.4. The number of ether oxygens (including phenoxy) is 1. The zero-order valence-corrected chi connectivity index (χ0v) is 19.8. The molecule has 2 aliphatic carbocycles. The number of benzene rings is 1. The van der Waals surface area contributed by atoms with Gasteiger partial charge >= 0.3 is 0 Å². The average Bonchev–Trinajstić information content (AvgIpc) is 3.41. The average molecular weight is 504 g/mol. The van der Waals surface area contributed by atoms with Crippen LogP contribution in [0.5, 0.6) is 0 Å². The highest BCUT2D eigenvalue weighted by atomic mass is 32.1. The Balaban J connectivity index is 1.17. The van der Waals surface area contributed by atoms with Crippen LogP contribution in [0.1, 0.15) is 37.9 Å². The van der Waals surface area contributed by atoms with Crippen molar-refractivity contribution in [2.45, 2.75) is 63.4 Å². The summed E-state index contributed by atoms with van der Waals surface area (Å²) in [5, 5.41) is 16.0. The number of rotatable bonds is 9. The first kappa shape index (κ1) is 24.1. The van der Waals surface area contributed by atoms with Crippen LogP contribution in [0.3, 0.4) is 0 Å². The molecule has 0 unspecified atom stereocenters. The van der Waals surface area contributed by atoms with Gasteiger partial charge < -0.3 is 20.5 Å². The summed E-state index contributed by atoms with van der Waals surface area (Å²) in [6.07, 6.45) is 4.27. The number of hydrogen-bond donors (Lipinski definition) is 3. The number of thiazole rings is 1. The number of alkyl halides is 2. The second-order valence-corrected chi connectivity index (χ2v) is 10.1. The number of nitrogens with zero attached hydrogens (tertiary/aromatic N) is 3. The van der Waals surface area contributed by atoms with Gasteiger partial charge in [0.25, 0.3) is 6.43 Å². The molecule has 0 saturated heterocycles. The summed E-state index contributed by atoms with van der Waals surface area (Å²) in [6.45, 7) is -0.0751. The second kappa shape index (κ2) is 10.6. The fraction of sp³-hybridized carbons (Fsp3) is 0.500. The maximum atomic E-state index is 12.5. The summed E-state index contributed by atoms with van der Waals surface area (Å²) >= 11 is 1.38. The van der Waals surface area contributed by atoms with Crippen LogP contribution in [0.4, 0.5) is 13.9 Å². The number of nitrogens with one attached hydrogen (secondary N) is 2. The van der Waals surface area contributed by atoms with E-state index in [2.05, 4.69) is 25.6 Å². The number of halogens is 2. The van der Waals surface area contributed by atoms with Crippen molar-refractivity contribution in [3.05, 3.63) is 36.4 Å². The third kappa shape index (κ3) is 5.80. The first-order valence-corrected chi connectivity index (χ1v) is 12.6. The van der Waals surface area contributed by atoms with Crippen molar-refractivity contribution in [1.82, 2.24) is 20.3 Å². The molecule has 35 heavy (non-hydrogen) atoms. The maximum Gasteiger partial charge on any atom is 0.250 e. The summed E-state index contributed by atoms with van der Waals surface area (Å²) < 4.78 is 31.2. The van der Waals surface area contributed by atoms with Crippen molar-refractivity contribution in [1.29, 1.82) is 0 Å². The maximum absolute atomic E-state index is 12.5. The van der Waals surface area contributed by atoms with Crippen LogP contribution in [-0.4, -0.2) is 57.2 Å². The van der Waals surface area contributed by atoms with Crippen molar-refractivity contribution < 1.29 is 23.4 Å². The van der Waals surface area contributed by atoms with Gasteiger partial charge in [-0.1, -0.05) is 17.4 Å². The van der Waals surface area contributed by atoms with Gasteiger partial charge in [0.1, 0.15) is 6.61 Å². The van der Waals surface area contributed by atoms with Crippen LogP contribution < -0.4 is 10.6 Å². The quantitative estimate of drug-likeness (QED) is 0.408. The van der Waals surface area contributed by atoms with Gasteiger partial charge in [0, 0.05) is 29.9 Å². The molecule has 2 aliphatic rings. The highest BCUT2D eigenvalue weighted by Crippen LogP contribution is 2.33. The molecule has 186 valence electrons. The molecule has 2 fully saturated rings. The lowest BCUT2D eigenvalue weighted by atomic mass is 9.79. The lowest BCUT2D eigenvalue weighted by Crippen LogP contribution is -2.47. The van der Waals surface area contributed by atoms with E-state index in [1.807, 2.05) is 18.2 Å². The van der Waals surface area contributed by atoms with Crippen LogP contribution in [0, 0.1) is 5.92 Å². The number of aromatic nitrogens is 3. The standard InChI is InChI=1S/C24H27F2N5O3S/c25-21(26)11-27-16-6-14(7-16)23(33)31-24-30-17-5-4-13(8-20(17)35-24)15-9-28-22(29-10-15)12-34-19-3-1-2-18(19)32/h4-5,8-10,14,16,18-19,21,27,32H,1-3,6-7,11-12H2,(H,30,31,33)/t14?,16?,18-,19-/m0/s1. The normalized spacial score (nSPS) is 24.1. The lowest BCUT2D eigenvalue weighted by Gasteiger charge is -2.34. The first-order valence-electron chi connectivity index (χ1n) is 11.8. The van der Waals surface area contributed by atoms with E-state index < -0.39 is 12.5 Å². The number of aliphatic hydroxyl groups excluding tert-OH is 1. The van der Waals surface area contributed by atoms with E-state index in [1.165, 1.54) is 11.3 Å². The molecule has 0 spiro atoms. The molecule has 2 aromatic heterocycles. The third-order valence-corrected chi connectivity index (χ3v) is 7.50. The molecule has 1 aromatic carbocycles. The van der Waals surface area contributed by atoms with Gasteiger partial charge in [0.15, 0.2) is 11.0 Å². The molecule has 5 rings (SSSR count). The molecule has 2 atom stereocenters. The van der Waals surface area contributed by atoms with Gasteiger partial charge in [0.05, 0.1) is 29.0 Å². The molecular weight excluding hydrogens is 476 g/mol. The molecule has 0 aliphatic heterocycles. The molecular formula is C24H27F2N5O3S. The SMILES string of the molecule is O=C(Nc1nc2ccc(-c3cnc(CO[C@H]4CCC[C@@H]4O)nc3)cc2s1)C1CC(NCC(F)F)C1. The molecule has 0 radical (unpaired) electrons. The first-order chi connectivity index (χ1) is 16.9. The minimum atomic E-state index is -2.38. The smallest absolute Gasteiger partial charge is 0.250 e. The zero-order valence-electron chi connectivity index (χ0n) is 19.0. The summed E-state index contributed by atoms with van der Waals surface area (Å²) in [4.78, 5) is 25.8. The Morgan fingerprint density at radius 3 is 2.71 bits per heavy atom. The number of anilines is 1. The van der Waals surface area contributed by atoms with E-state index >= 15 is 0 Å². The molecule has 2 heterocycles. The molecule has 11 heteroatoms. The lowest BCUT2D eigenvalue weighted by molar-refractivity contribution is -0.123. The number of carbonyl (C=O) groups excluding carboxylic acids is 1. The minimum Gasteiger partial charge on any atom is -0.390 e. The topological polar surface area (TPSA) is 109 Å². The monoisotopic (exact) mass is 503 g/mol. The van der Waals surface area contributed by atoms with E-state index in [-0.39, 0.29) is 37.1 Å². The Hall–Kier alpha value is -2.60. The molecule has 8 nitrogen and oxygen atoms in total. The van der Waals surface area contributed by atoms with Gasteiger partial charge in [0.2, 0.25) is 5.91 Å². The van der Waals surface area contributed by atoms with Gasteiger partial charge in [-0.25, -0.2) is 23.7 Å². The summed E-state index contributed by atoms with van der Waals surface area (Å²) in [6, 6.07) is 5.78. The van der Waals surface area contributed by atoms with E-state index in [0.717, 1.165) is 40.6 Å². The van der Waals surface area contributed by atoms with Crippen LogP contribution in [0.15, 0.2) is 30.6 Å². The Morgan fingerprint density at radius 2 is 2.00 bits per heavy atom. The van der Waals surface area contributed by atoms with Gasteiger partial charge in [-0.3, -0.25) is 4.79 Å². The predicted octanol–water partition coefficient (Wildman–Crippen LogP) is 3.76. The Kier molecular flexibility index (Phi) is 7.28. The minimum absolute atomic E-state index is 0.0350. The van der Waals surface area contributed by atoms with Crippen LogP contribution in [0.2, 0.25) is 0 Å². The number of aliphatic hydroxyl groups is 1. The van der Waals surface area contributed by atoms with Crippen LogP contribution >= 0.6 is 11.3 Å².